The number of hydrogen-bond donors (Lipinski definition) is 0. The van der Waals surface area contributed by atoms with E-state index in [1.165, 1.54) is 0 Å². The third-order valence-electron chi connectivity index (χ3n) is 4.76. The highest BCUT2D eigenvalue weighted by Crippen LogP contribution is 2.27. The predicted molar refractivity (Wildman–Crippen MR) is 127 cm³/mol. The van der Waals surface area contributed by atoms with Gasteiger partial charge in [-0.15, -0.1) is 11.3 Å². The molecule has 0 aliphatic heterocycles. The summed E-state index contributed by atoms with van der Waals surface area (Å²) in [7, 11) is 1.68. The van der Waals surface area contributed by atoms with Crippen molar-refractivity contribution < 1.29 is 4.74 Å². The fraction of sp³-hybridized carbons (Fsp3) is 0.160. The van der Waals surface area contributed by atoms with Crippen LogP contribution < -0.4 is 9.54 Å². The van der Waals surface area contributed by atoms with E-state index in [9.17, 15) is 0 Å². The van der Waals surface area contributed by atoms with Gasteiger partial charge in [-0.05, 0) is 60.5 Å². The minimum absolute atomic E-state index is 0.159. The van der Waals surface area contributed by atoms with Gasteiger partial charge in [0.25, 0.3) is 0 Å². The zero-order valence-electron chi connectivity index (χ0n) is 17.6. The van der Waals surface area contributed by atoms with Crippen LogP contribution in [0.3, 0.4) is 0 Å². The monoisotopic (exact) mass is 426 g/mol. The number of rotatable bonds is 5. The predicted octanol–water partition coefficient (Wildman–Crippen LogP) is 5.44. The lowest BCUT2D eigenvalue weighted by molar-refractivity contribution is 0.415. The normalized spacial score (nSPS) is 12.0. The highest BCUT2D eigenvalue weighted by Gasteiger charge is 2.09. The Labute approximate surface area is 185 Å². The molecular weight excluding hydrogens is 404 g/mol. The van der Waals surface area contributed by atoms with Gasteiger partial charge in [0, 0.05) is 17.0 Å². The van der Waals surface area contributed by atoms with Crippen LogP contribution in [0.25, 0.3) is 22.0 Å². The Morgan fingerprint density at radius 2 is 1.77 bits per heavy atom. The van der Waals surface area contributed by atoms with Gasteiger partial charge in [0.05, 0.1) is 30.7 Å². The summed E-state index contributed by atoms with van der Waals surface area (Å²) in [6.45, 7) is 4.11. The first kappa shape index (κ1) is 20.6. The summed E-state index contributed by atoms with van der Waals surface area (Å²) in [4.78, 5) is 5.58. The molecule has 0 fully saturated rings. The van der Waals surface area contributed by atoms with Crippen molar-refractivity contribution in [3.8, 4) is 23.1 Å². The average Bonchev–Trinajstić information content (AvgIpc) is 3.18. The number of thiazole rings is 1. The Balaban J connectivity index is 1.79. The van der Waals surface area contributed by atoms with Crippen molar-refractivity contribution in [2.45, 2.75) is 19.9 Å². The molecule has 4 rings (SSSR count). The van der Waals surface area contributed by atoms with Crippen LogP contribution in [0.1, 0.15) is 25.0 Å². The highest BCUT2D eigenvalue weighted by molar-refractivity contribution is 7.07. The van der Waals surface area contributed by atoms with E-state index in [-0.39, 0.29) is 6.04 Å². The quantitative estimate of drug-likeness (QED) is 0.399. The summed E-state index contributed by atoms with van der Waals surface area (Å²) in [5.74, 6) is 0.843. The molecule has 0 N–H and O–H groups in total. The lowest BCUT2D eigenvalue weighted by atomic mass is 10.1. The third kappa shape index (κ3) is 4.57. The van der Waals surface area contributed by atoms with Gasteiger partial charge in [0.1, 0.15) is 5.75 Å². The van der Waals surface area contributed by atoms with E-state index in [1.807, 2.05) is 28.9 Å². The molecule has 0 aliphatic rings. The van der Waals surface area contributed by atoms with E-state index in [4.69, 9.17) is 20.1 Å². The summed E-state index contributed by atoms with van der Waals surface area (Å²) < 4.78 is 7.22. The standard InChI is InChI=1S/C25H22N4OS/c1-17(2)28-25-29(27-15-19-6-4-18(14-26)5-7-19)24(16-31-25)22-9-8-21-13-23(30-3)11-10-20(21)12-22/h4-13,15-17H,1-3H3. The lowest BCUT2D eigenvalue weighted by Gasteiger charge is -2.07. The van der Waals surface area contributed by atoms with Crippen molar-refractivity contribution in [2.75, 3.05) is 7.11 Å². The minimum atomic E-state index is 0.159. The molecule has 0 radical (unpaired) electrons. The first-order valence-electron chi connectivity index (χ1n) is 9.94. The van der Waals surface area contributed by atoms with Crippen LogP contribution in [-0.4, -0.2) is 24.0 Å². The number of benzene rings is 3. The highest BCUT2D eigenvalue weighted by atomic mass is 32.1. The maximum Gasteiger partial charge on any atom is 0.206 e. The van der Waals surface area contributed by atoms with Crippen molar-refractivity contribution in [1.29, 1.82) is 5.26 Å². The van der Waals surface area contributed by atoms with Gasteiger partial charge >= 0.3 is 0 Å². The number of ether oxygens (including phenoxy) is 1. The molecule has 6 heteroatoms. The Hall–Kier alpha value is -3.69. The molecular formula is C25H22N4OS. The Kier molecular flexibility index (Phi) is 5.96. The molecule has 1 aromatic heterocycles. The maximum absolute atomic E-state index is 8.99. The summed E-state index contributed by atoms with van der Waals surface area (Å²) in [6.07, 6.45) is 1.79. The lowest BCUT2D eigenvalue weighted by Crippen LogP contribution is -2.14. The molecule has 1 heterocycles. The van der Waals surface area contributed by atoms with Crippen molar-refractivity contribution in [2.24, 2.45) is 10.1 Å². The zero-order chi connectivity index (χ0) is 21.8. The van der Waals surface area contributed by atoms with Crippen LogP contribution in [0.15, 0.2) is 76.1 Å². The van der Waals surface area contributed by atoms with Crippen molar-refractivity contribution in [3.63, 3.8) is 0 Å². The molecule has 0 amide bonds. The van der Waals surface area contributed by atoms with Gasteiger partial charge in [-0.3, -0.25) is 4.99 Å². The summed E-state index contributed by atoms with van der Waals surface area (Å²) in [5.41, 5.74) is 3.59. The molecule has 0 unspecified atom stereocenters. The van der Waals surface area contributed by atoms with Crippen LogP contribution in [0.5, 0.6) is 5.75 Å². The molecule has 5 nitrogen and oxygen atoms in total. The van der Waals surface area contributed by atoms with Gasteiger partial charge in [-0.25, -0.2) is 4.68 Å². The molecule has 0 saturated heterocycles. The largest absolute Gasteiger partial charge is 0.497 e. The van der Waals surface area contributed by atoms with Crippen LogP contribution in [0.4, 0.5) is 0 Å². The number of methoxy groups -OCH3 is 1. The number of hydrogen-bond acceptors (Lipinski definition) is 5. The van der Waals surface area contributed by atoms with Crippen LogP contribution >= 0.6 is 11.3 Å². The number of nitrogens with zero attached hydrogens (tertiary/aromatic N) is 4. The second-order valence-electron chi connectivity index (χ2n) is 7.34. The fourth-order valence-corrected chi connectivity index (χ4v) is 4.17. The van der Waals surface area contributed by atoms with Crippen LogP contribution in [-0.2, 0) is 0 Å². The molecule has 0 atom stereocenters. The SMILES string of the molecule is COc1ccc2cc(-c3csc(=NC(C)C)n3N=Cc3ccc(C#N)cc3)ccc2c1. The first-order chi connectivity index (χ1) is 15.1. The van der Waals surface area contributed by atoms with Gasteiger partial charge in [-0.2, -0.15) is 10.4 Å². The molecule has 0 aliphatic carbocycles. The second-order valence-corrected chi connectivity index (χ2v) is 8.18. The van der Waals surface area contributed by atoms with Crippen LogP contribution in [0.2, 0.25) is 0 Å². The molecule has 3 aromatic carbocycles. The van der Waals surface area contributed by atoms with E-state index in [1.54, 1.807) is 36.8 Å². The summed E-state index contributed by atoms with van der Waals surface area (Å²) in [5, 5.41) is 18.1. The minimum Gasteiger partial charge on any atom is -0.497 e. The topological polar surface area (TPSA) is 62.7 Å². The second kappa shape index (κ2) is 8.99. The molecule has 154 valence electrons. The maximum atomic E-state index is 8.99. The van der Waals surface area contributed by atoms with E-state index in [0.717, 1.165) is 38.1 Å². The zero-order valence-corrected chi connectivity index (χ0v) is 18.4. The van der Waals surface area contributed by atoms with Crippen LogP contribution in [0, 0.1) is 11.3 Å². The third-order valence-corrected chi connectivity index (χ3v) is 5.59. The van der Waals surface area contributed by atoms with E-state index < -0.39 is 0 Å². The Bertz CT molecular complexity index is 1360. The van der Waals surface area contributed by atoms with Gasteiger partial charge in [0.2, 0.25) is 4.80 Å². The number of aromatic nitrogens is 1. The van der Waals surface area contributed by atoms with E-state index in [0.29, 0.717) is 5.56 Å². The molecule has 31 heavy (non-hydrogen) atoms. The van der Waals surface area contributed by atoms with Crippen molar-refractivity contribution in [1.82, 2.24) is 4.68 Å². The number of fused-ring (bicyclic) bond motifs is 1. The number of nitriles is 1. The van der Waals surface area contributed by atoms with Gasteiger partial charge < -0.3 is 4.74 Å². The molecule has 0 bridgehead atoms. The van der Waals surface area contributed by atoms with Crippen molar-refractivity contribution >= 4 is 28.3 Å². The van der Waals surface area contributed by atoms with Crippen molar-refractivity contribution in [3.05, 3.63) is 82.0 Å². The summed E-state index contributed by atoms with van der Waals surface area (Å²) >= 11 is 1.57. The Morgan fingerprint density at radius 1 is 1.03 bits per heavy atom. The smallest absolute Gasteiger partial charge is 0.206 e. The first-order valence-corrected chi connectivity index (χ1v) is 10.8. The molecule has 4 aromatic rings. The Morgan fingerprint density at radius 3 is 2.48 bits per heavy atom. The summed E-state index contributed by atoms with van der Waals surface area (Å²) in [6, 6.07) is 22.1. The van der Waals surface area contributed by atoms with E-state index in [2.05, 4.69) is 49.6 Å². The fourth-order valence-electron chi connectivity index (χ4n) is 3.20. The van der Waals surface area contributed by atoms with Gasteiger partial charge in [-0.1, -0.05) is 30.3 Å². The average molecular weight is 427 g/mol. The van der Waals surface area contributed by atoms with Gasteiger partial charge in [0.15, 0.2) is 0 Å². The van der Waals surface area contributed by atoms with E-state index >= 15 is 0 Å². The molecule has 0 spiro atoms. The molecule has 0 saturated carbocycles.